The second-order valence-corrected chi connectivity index (χ2v) is 8.84. The van der Waals surface area contributed by atoms with E-state index >= 15 is 0 Å². The number of hydrogen-bond acceptors (Lipinski definition) is 6. The fourth-order valence-electron chi connectivity index (χ4n) is 3.21. The molecule has 1 aromatic carbocycles. The minimum Gasteiger partial charge on any atom is -0.359 e. The third-order valence-corrected chi connectivity index (χ3v) is 6.85. The fraction of sp³-hybridized carbons (Fsp3) is 0.611. The maximum absolute atomic E-state index is 11.8. The molecule has 3 unspecified atom stereocenters. The van der Waals surface area contributed by atoms with Gasteiger partial charge in [0.2, 0.25) is 0 Å². The highest BCUT2D eigenvalue weighted by molar-refractivity contribution is 8.14. The topological polar surface area (TPSA) is 44.8 Å². The van der Waals surface area contributed by atoms with Crippen LogP contribution in [-0.4, -0.2) is 40.4 Å². The van der Waals surface area contributed by atoms with Gasteiger partial charge in [-0.2, -0.15) is 0 Å². The molecule has 1 aromatic rings. The third kappa shape index (κ3) is 3.99. The predicted octanol–water partition coefficient (Wildman–Crippen LogP) is 3.86. The van der Waals surface area contributed by atoms with Gasteiger partial charge in [0, 0.05) is 23.7 Å². The summed E-state index contributed by atoms with van der Waals surface area (Å²) in [7, 11) is 0. The molecule has 0 aliphatic carbocycles. The lowest BCUT2D eigenvalue weighted by atomic mass is 9.95. The monoisotopic (exact) mass is 368 g/mol. The molecule has 4 nitrogen and oxygen atoms in total. The molecule has 2 saturated heterocycles. The Bertz CT molecular complexity index is 553. The Labute approximate surface area is 152 Å². The van der Waals surface area contributed by atoms with Gasteiger partial charge in [-0.15, -0.1) is 11.8 Å². The van der Waals surface area contributed by atoms with Crippen molar-refractivity contribution < 1.29 is 19.0 Å². The molecule has 0 N–H and O–H groups in total. The number of carbonyl (C=O) groups excluding carboxylic acids is 1. The first kappa shape index (κ1) is 18.3. The van der Waals surface area contributed by atoms with E-state index in [1.807, 2.05) is 30.3 Å². The molecule has 0 radical (unpaired) electrons. The van der Waals surface area contributed by atoms with Crippen LogP contribution in [0.15, 0.2) is 30.3 Å². The third-order valence-electron chi connectivity index (χ3n) is 4.34. The molecule has 0 spiro atoms. The van der Waals surface area contributed by atoms with Crippen molar-refractivity contribution in [3.05, 3.63) is 35.9 Å². The van der Waals surface area contributed by atoms with Crippen molar-refractivity contribution in [2.45, 2.75) is 50.0 Å². The lowest BCUT2D eigenvalue weighted by Crippen LogP contribution is -2.57. The summed E-state index contributed by atoms with van der Waals surface area (Å²) in [4.78, 5) is 11.8. The molecule has 0 bridgehead atoms. The van der Waals surface area contributed by atoms with Crippen molar-refractivity contribution in [3.63, 3.8) is 0 Å². The number of benzene rings is 1. The van der Waals surface area contributed by atoms with Crippen LogP contribution in [0.3, 0.4) is 0 Å². The molecule has 0 amide bonds. The van der Waals surface area contributed by atoms with Gasteiger partial charge >= 0.3 is 0 Å². The Morgan fingerprint density at radius 1 is 1.25 bits per heavy atom. The molecule has 2 aliphatic heterocycles. The zero-order valence-corrected chi connectivity index (χ0v) is 15.8. The van der Waals surface area contributed by atoms with Crippen LogP contribution >= 0.6 is 23.5 Å². The maximum atomic E-state index is 11.8. The van der Waals surface area contributed by atoms with Gasteiger partial charge in [-0.25, -0.2) is 0 Å². The largest absolute Gasteiger partial charge is 0.359 e. The van der Waals surface area contributed by atoms with Gasteiger partial charge in [0.05, 0.1) is 6.61 Å². The smallest absolute Gasteiger partial charge is 0.186 e. The summed E-state index contributed by atoms with van der Waals surface area (Å²) in [5.74, 6) is 1.22. The number of fused-ring (bicyclic) bond motifs is 1. The van der Waals surface area contributed by atoms with Crippen molar-refractivity contribution in [1.29, 1.82) is 0 Å². The van der Waals surface area contributed by atoms with Crippen LogP contribution in [0.5, 0.6) is 0 Å². The molecule has 0 saturated carbocycles. The van der Waals surface area contributed by atoms with Crippen molar-refractivity contribution in [2.75, 3.05) is 12.4 Å². The normalized spacial score (nSPS) is 36.1. The molecule has 2 aliphatic rings. The van der Waals surface area contributed by atoms with Crippen LogP contribution in [0.1, 0.15) is 32.6 Å². The summed E-state index contributed by atoms with van der Waals surface area (Å²) in [6.07, 6.45) is -0.655. The molecule has 0 aromatic heterocycles. The Balaban J connectivity index is 1.79. The van der Waals surface area contributed by atoms with Crippen LogP contribution in [0.4, 0.5) is 0 Å². The van der Waals surface area contributed by atoms with Crippen molar-refractivity contribution in [2.24, 2.45) is 5.92 Å². The van der Waals surface area contributed by atoms with Crippen LogP contribution in [0, 0.1) is 5.92 Å². The summed E-state index contributed by atoms with van der Waals surface area (Å²) in [6.45, 7) is 6.39. The van der Waals surface area contributed by atoms with E-state index in [0.29, 0.717) is 6.61 Å². The van der Waals surface area contributed by atoms with Gasteiger partial charge in [-0.1, -0.05) is 55.9 Å². The van der Waals surface area contributed by atoms with E-state index in [1.165, 1.54) is 11.8 Å². The summed E-state index contributed by atoms with van der Waals surface area (Å²) >= 11 is 3.17. The van der Waals surface area contributed by atoms with Gasteiger partial charge in [0.1, 0.15) is 17.6 Å². The van der Waals surface area contributed by atoms with Gasteiger partial charge in [0.15, 0.2) is 11.4 Å². The molecule has 2 heterocycles. The molecular weight excluding hydrogens is 344 g/mol. The lowest BCUT2D eigenvalue weighted by Gasteiger charge is -2.48. The van der Waals surface area contributed by atoms with E-state index in [2.05, 4.69) is 13.8 Å². The summed E-state index contributed by atoms with van der Waals surface area (Å²) < 4.78 is 18.4. The second-order valence-electron chi connectivity index (χ2n) is 6.11. The average molecular weight is 369 g/mol. The van der Waals surface area contributed by atoms with E-state index in [-0.39, 0.29) is 33.9 Å². The van der Waals surface area contributed by atoms with Crippen molar-refractivity contribution in [1.82, 2.24) is 0 Å². The highest BCUT2D eigenvalue weighted by Crippen LogP contribution is 2.43. The standard InChI is InChI=1S/C18H24O4S2/c1-4-23-18-11(2)16(24-12(3)19)15-14(21-18)10-20-17(22-15)13-8-6-5-7-9-13/h5-9,11,14-18H,4,10H2,1-3H3/t11-,14?,15+,16+,17?,18?/m0/s1. The Kier molecular flexibility index (Phi) is 6.27. The Hall–Kier alpha value is -0.530. The molecule has 6 atom stereocenters. The van der Waals surface area contributed by atoms with Crippen LogP contribution in [-0.2, 0) is 19.0 Å². The van der Waals surface area contributed by atoms with E-state index in [1.54, 1.807) is 18.7 Å². The first-order valence-corrected chi connectivity index (χ1v) is 10.3. The van der Waals surface area contributed by atoms with E-state index in [0.717, 1.165) is 11.3 Å². The van der Waals surface area contributed by atoms with Crippen molar-refractivity contribution in [3.8, 4) is 0 Å². The van der Waals surface area contributed by atoms with E-state index in [9.17, 15) is 4.79 Å². The first-order valence-electron chi connectivity index (χ1n) is 8.36. The first-order chi connectivity index (χ1) is 11.6. The summed E-state index contributed by atoms with van der Waals surface area (Å²) in [5.41, 5.74) is 1.08. The second kappa shape index (κ2) is 8.23. The number of rotatable bonds is 4. The molecular formula is C18H24O4S2. The lowest BCUT2D eigenvalue weighted by molar-refractivity contribution is -0.284. The molecule has 6 heteroatoms. The number of thioether (sulfide) groups is 2. The fourth-order valence-corrected chi connectivity index (χ4v) is 5.45. The van der Waals surface area contributed by atoms with Gasteiger partial charge in [-0.05, 0) is 5.75 Å². The van der Waals surface area contributed by atoms with Crippen LogP contribution < -0.4 is 0 Å². The predicted molar refractivity (Wildman–Crippen MR) is 98.0 cm³/mol. The number of carbonyl (C=O) groups is 1. The van der Waals surface area contributed by atoms with E-state index < -0.39 is 6.29 Å². The molecule has 3 rings (SSSR count). The summed E-state index contributed by atoms with van der Waals surface area (Å²) in [6, 6.07) is 9.93. The average Bonchev–Trinajstić information content (AvgIpc) is 2.59. The summed E-state index contributed by atoms with van der Waals surface area (Å²) in [5, 5.41) is 0.208. The molecule has 132 valence electrons. The van der Waals surface area contributed by atoms with Crippen LogP contribution in [0.2, 0.25) is 0 Å². The quantitative estimate of drug-likeness (QED) is 0.804. The van der Waals surface area contributed by atoms with E-state index in [4.69, 9.17) is 14.2 Å². The Morgan fingerprint density at radius 2 is 2.00 bits per heavy atom. The van der Waals surface area contributed by atoms with Gasteiger partial charge in [0.25, 0.3) is 0 Å². The zero-order valence-electron chi connectivity index (χ0n) is 14.2. The molecule has 2 fully saturated rings. The highest BCUT2D eigenvalue weighted by atomic mass is 32.2. The Morgan fingerprint density at radius 3 is 2.67 bits per heavy atom. The zero-order chi connectivity index (χ0) is 17.1. The van der Waals surface area contributed by atoms with Crippen molar-refractivity contribution >= 4 is 28.6 Å². The molecule has 24 heavy (non-hydrogen) atoms. The number of hydrogen-bond donors (Lipinski definition) is 0. The highest BCUT2D eigenvalue weighted by Gasteiger charge is 2.48. The van der Waals surface area contributed by atoms with Gasteiger partial charge < -0.3 is 14.2 Å². The van der Waals surface area contributed by atoms with Gasteiger partial charge in [-0.3, -0.25) is 4.79 Å². The maximum Gasteiger partial charge on any atom is 0.186 e. The minimum absolute atomic E-state index is 0.0774. The van der Waals surface area contributed by atoms with Crippen LogP contribution in [0.25, 0.3) is 0 Å². The SMILES string of the molecule is CCSC1OC2COC(c3ccccc3)O[C@H]2[C@H](SC(C)=O)[C@@H]1C. The minimum atomic E-state index is -0.395. The number of ether oxygens (including phenoxy) is 3.